The van der Waals surface area contributed by atoms with Crippen LogP contribution in [0.15, 0.2) is 12.4 Å². The van der Waals surface area contributed by atoms with Gasteiger partial charge in [0.25, 0.3) is 0 Å². The van der Waals surface area contributed by atoms with Crippen molar-refractivity contribution >= 4 is 11.8 Å². The summed E-state index contributed by atoms with van der Waals surface area (Å²) < 4.78 is 12.9. The minimum atomic E-state index is -0.800. The van der Waals surface area contributed by atoms with Gasteiger partial charge in [-0.25, -0.2) is 4.98 Å². The van der Waals surface area contributed by atoms with Crippen LogP contribution in [0.2, 0.25) is 0 Å². The summed E-state index contributed by atoms with van der Waals surface area (Å²) >= 11 is 0. The first-order valence-electron chi connectivity index (χ1n) is 8.15. The van der Waals surface area contributed by atoms with E-state index in [1.165, 1.54) is 0 Å². The van der Waals surface area contributed by atoms with E-state index in [1.807, 2.05) is 17.7 Å². The number of rotatable bonds is 7. The number of hydrogen-bond donors (Lipinski definition) is 1. The second-order valence-corrected chi connectivity index (χ2v) is 5.95. The van der Waals surface area contributed by atoms with Crippen LogP contribution in [0.5, 0.6) is 0 Å². The van der Waals surface area contributed by atoms with Crippen LogP contribution in [-0.4, -0.2) is 72.3 Å². The Bertz CT molecular complexity index is 570. The van der Waals surface area contributed by atoms with Gasteiger partial charge in [0.2, 0.25) is 11.8 Å². The molecule has 0 saturated carbocycles. The number of imidazole rings is 1. The number of carbonyl (C=O) groups is 2. The molecule has 0 bridgehead atoms. The highest BCUT2D eigenvalue weighted by Gasteiger charge is 2.40. The van der Waals surface area contributed by atoms with E-state index in [9.17, 15) is 9.59 Å². The van der Waals surface area contributed by atoms with Crippen molar-refractivity contribution in [1.82, 2.24) is 19.8 Å². The van der Waals surface area contributed by atoms with Crippen molar-refractivity contribution in [3.63, 3.8) is 0 Å². The summed E-state index contributed by atoms with van der Waals surface area (Å²) in [6, 6.07) is 0. The van der Waals surface area contributed by atoms with E-state index < -0.39 is 5.60 Å². The number of ether oxygens (including phenoxy) is 2. The maximum atomic E-state index is 12.7. The van der Waals surface area contributed by atoms with Gasteiger partial charge in [-0.3, -0.25) is 9.59 Å². The molecule has 1 N–H and O–H groups in total. The van der Waals surface area contributed by atoms with Gasteiger partial charge in [-0.05, 0) is 0 Å². The maximum Gasteiger partial charge on any atom is 0.242 e. The molecule has 0 unspecified atom stereocenters. The van der Waals surface area contributed by atoms with Gasteiger partial charge in [0.1, 0.15) is 18.0 Å². The molecule has 1 aliphatic heterocycles. The summed E-state index contributed by atoms with van der Waals surface area (Å²) in [7, 11) is 3.15. The topological polar surface area (TPSA) is 85.7 Å². The molecule has 2 heterocycles. The van der Waals surface area contributed by atoms with Crippen molar-refractivity contribution in [2.24, 2.45) is 0 Å². The van der Waals surface area contributed by atoms with Crippen LogP contribution in [0.25, 0.3) is 0 Å². The molecule has 0 spiro atoms. The summed E-state index contributed by atoms with van der Waals surface area (Å²) in [6.07, 6.45) is 4.44. The summed E-state index contributed by atoms with van der Waals surface area (Å²) in [5.41, 5.74) is -0.800. The number of nitrogens with zero attached hydrogens (tertiary/aromatic N) is 3. The quantitative estimate of drug-likeness (QED) is 0.746. The second kappa shape index (κ2) is 8.25. The third kappa shape index (κ3) is 4.33. The molecule has 1 aliphatic rings. The van der Waals surface area contributed by atoms with Gasteiger partial charge in [0.05, 0.1) is 26.2 Å². The number of nitrogens with one attached hydrogen (secondary N) is 1. The van der Waals surface area contributed by atoms with Crippen LogP contribution in [0.3, 0.4) is 0 Å². The number of hydrogen-bond acceptors (Lipinski definition) is 5. The highest BCUT2D eigenvalue weighted by atomic mass is 16.5. The number of morpholine rings is 1. The molecular formula is C16H26N4O4. The normalized spacial score (nSPS) is 20.9. The molecular weight excluding hydrogens is 312 g/mol. The summed E-state index contributed by atoms with van der Waals surface area (Å²) in [5.74, 6) is 0.734. The molecule has 8 heteroatoms. The summed E-state index contributed by atoms with van der Waals surface area (Å²) in [4.78, 5) is 30.5. The fourth-order valence-corrected chi connectivity index (χ4v) is 2.99. The fraction of sp³-hybridized carbons (Fsp3) is 0.688. The van der Waals surface area contributed by atoms with Crippen molar-refractivity contribution in [3.05, 3.63) is 18.2 Å². The first kappa shape index (κ1) is 18.4. The van der Waals surface area contributed by atoms with E-state index in [1.54, 1.807) is 25.3 Å². The average molecular weight is 338 g/mol. The lowest BCUT2D eigenvalue weighted by Crippen LogP contribution is -2.57. The van der Waals surface area contributed by atoms with Gasteiger partial charge in [-0.15, -0.1) is 0 Å². The molecule has 24 heavy (non-hydrogen) atoms. The second-order valence-electron chi connectivity index (χ2n) is 5.95. The predicted octanol–water partition coefficient (Wildman–Crippen LogP) is -0.174. The molecule has 0 radical (unpaired) electrons. The van der Waals surface area contributed by atoms with Crippen LogP contribution < -0.4 is 5.32 Å². The zero-order valence-electron chi connectivity index (χ0n) is 14.6. The van der Waals surface area contributed by atoms with Gasteiger partial charge in [-0.1, -0.05) is 6.92 Å². The lowest BCUT2D eigenvalue weighted by Gasteiger charge is -2.42. The molecule has 1 saturated heterocycles. The Morgan fingerprint density at radius 3 is 2.96 bits per heavy atom. The number of methoxy groups -OCH3 is 1. The van der Waals surface area contributed by atoms with Gasteiger partial charge >= 0.3 is 0 Å². The highest BCUT2D eigenvalue weighted by molar-refractivity contribution is 5.78. The van der Waals surface area contributed by atoms with E-state index in [0.29, 0.717) is 19.7 Å². The number of aromatic nitrogens is 2. The van der Waals surface area contributed by atoms with Crippen molar-refractivity contribution in [2.45, 2.75) is 31.9 Å². The van der Waals surface area contributed by atoms with Crippen LogP contribution in [0.1, 0.15) is 19.2 Å². The maximum absolute atomic E-state index is 12.7. The van der Waals surface area contributed by atoms with Crippen LogP contribution in [0, 0.1) is 0 Å². The Kier molecular flexibility index (Phi) is 6.33. The highest BCUT2D eigenvalue weighted by Crippen LogP contribution is 2.23. The first-order chi connectivity index (χ1) is 11.5. The molecule has 1 atom stereocenters. The molecule has 8 nitrogen and oxygen atoms in total. The van der Waals surface area contributed by atoms with Crippen molar-refractivity contribution in [1.29, 1.82) is 0 Å². The van der Waals surface area contributed by atoms with Gasteiger partial charge in [0, 0.05) is 39.5 Å². The minimum Gasteiger partial charge on any atom is -0.382 e. The smallest absolute Gasteiger partial charge is 0.242 e. The van der Waals surface area contributed by atoms with Crippen molar-refractivity contribution in [2.75, 3.05) is 40.5 Å². The summed E-state index contributed by atoms with van der Waals surface area (Å²) in [5, 5.41) is 2.60. The third-order valence-corrected chi connectivity index (χ3v) is 4.19. The molecule has 1 aromatic rings. The Hall–Kier alpha value is -1.93. The molecule has 134 valence electrons. The van der Waals surface area contributed by atoms with E-state index >= 15 is 0 Å². The van der Waals surface area contributed by atoms with Gasteiger partial charge in [0.15, 0.2) is 0 Å². The van der Waals surface area contributed by atoms with Gasteiger partial charge in [-0.2, -0.15) is 0 Å². The first-order valence-corrected chi connectivity index (χ1v) is 8.15. The largest absolute Gasteiger partial charge is 0.382 e. The SMILES string of the molecule is CCc1nccn1CC(=O)N1CCO[C@@](COC)(CC(=O)NC)C1. The Morgan fingerprint density at radius 2 is 2.29 bits per heavy atom. The number of amides is 2. The lowest BCUT2D eigenvalue weighted by atomic mass is 9.97. The Morgan fingerprint density at radius 1 is 1.50 bits per heavy atom. The van der Waals surface area contributed by atoms with Crippen molar-refractivity contribution < 1.29 is 19.1 Å². The molecule has 2 rings (SSSR count). The summed E-state index contributed by atoms with van der Waals surface area (Å²) in [6.45, 7) is 3.74. The Balaban J connectivity index is 2.07. The molecule has 0 aromatic carbocycles. The zero-order chi connectivity index (χ0) is 17.6. The van der Waals surface area contributed by atoms with Crippen molar-refractivity contribution in [3.8, 4) is 0 Å². The number of carbonyl (C=O) groups excluding carboxylic acids is 2. The molecule has 1 fully saturated rings. The molecule has 1 aromatic heterocycles. The fourth-order valence-electron chi connectivity index (χ4n) is 2.99. The van der Waals surface area contributed by atoms with Crippen LogP contribution in [0.4, 0.5) is 0 Å². The van der Waals surface area contributed by atoms with E-state index in [0.717, 1.165) is 12.2 Å². The molecule has 0 aliphatic carbocycles. The minimum absolute atomic E-state index is 0.0108. The van der Waals surface area contributed by atoms with Crippen LogP contribution in [-0.2, 0) is 32.0 Å². The van der Waals surface area contributed by atoms with Gasteiger partial charge < -0.3 is 24.3 Å². The monoisotopic (exact) mass is 338 g/mol. The lowest BCUT2D eigenvalue weighted by molar-refractivity contribution is -0.167. The van der Waals surface area contributed by atoms with Crippen LogP contribution >= 0.6 is 0 Å². The zero-order valence-corrected chi connectivity index (χ0v) is 14.6. The van der Waals surface area contributed by atoms with E-state index in [2.05, 4.69) is 10.3 Å². The predicted molar refractivity (Wildman–Crippen MR) is 87.4 cm³/mol. The Labute approximate surface area is 142 Å². The third-order valence-electron chi connectivity index (χ3n) is 4.19. The number of aryl methyl sites for hydroxylation is 1. The molecule has 2 amide bonds. The van der Waals surface area contributed by atoms with E-state index in [4.69, 9.17) is 9.47 Å². The van der Waals surface area contributed by atoms with E-state index in [-0.39, 0.29) is 31.4 Å². The average Bonchev–Trinajstić information content (AvgIpc) is 3.02. The standard InChI is InChI=1S/C16H26N4O4/c1-4-13-18-5-6-19(13)10-15(22)20-7-8-24-16(11-20,12-23-3)9-14(21)17-2/h5-6H,4,7-12H2,1-3H3,(H,17,21)/t16-/m0/s1.